The minimum absolute atomic E-state index is 0. The average molecular weight is 560 g/mol. The second-order valence-corrected chi connectivity index (χ2v) is 10.2. The average Bonchev–Trinajstić information content (AvgIpc) is 2.72. The summed E-state index contributed by atoms with van der Waals surface area (Å²) < 4.78 is 28.7. The minimum Gasteiger partial charge on any atom is -0.379 e. The maximum absolute atomic E-state index is 11.6. The van der Waals surface area contributed by atoms with E-state index in [0.717, 1.165) is 71.3 Å². The molecule has 2 aliphatic rings. The Kier molecular flexibility index (Phi) is 13.8. The summed E-state index contributed by atoms with van der Waals surface area (Å²) >= 11 is 0. The highest BCUT2D eigenvalue weighted by atomic mass is 127. The second kappa shape index (κ2) is 14.8. The molecular formula is C20H42IN5O3S. The molecule has 30 heavy (non-hydrogen) atoms. The summed E-state index contributed by atoms with van der Waals surface area (Å²) in [5, 5.41) is 6.77. The molecule has 10 heteroatoms. The lowest BCUT2D eigenvalue weighted by Gasteiger charge is -2.38. The van der Waals surface area contributed by atoms with Crippen molar-refractivity contribution in [3.05, 3.63) is 0 Å². The first-order valence-corrected chi connectivity index (χ1v) is 13.1. The van der Waals surface area contributed by atoms with Gasteiger partial charge in [0.15, 0.2) is 15.8 Å². The maximum Gasteiger partial charge on any atom is 0.191 e. The zero-order valence-corrected chi connectivity index (χ0v) is 22.1. The van der Waals surface area contributed by atoms with Crippen molar-refractivity contribution in [1.82, 2.24) is 20.4 Å². The molecule has 1 atom stereocenters. The number of sulfone groups is 1. The van der Waals surface area contributed by atoms with Crippen molar-refractivity contribution in [2.24, 2.45) is 10.9 Å². The van der Waals surface area contributed by atoms with Gasteiger partial charge in [-0.2, -0.15) is 0 Å². The summed E-state index contributed by atoms with van der Waals surface area (Å²) in [6.45, 7) is 14.7. The van der Waals surface area contributed by atoms with Gasteiger partial charge in [0.2, 0.25) is 0 Å². The van der Waals surface area contributed by atoms with Gasteiger partial charge in [0.1, 0.15) is 0 Å². The van der Waals surface area contributed by atoms with E-state index >= 15 is 0 Å². The summed E-state index contributed by atoms with van der Waals surface area (Å²) in [5.74, 6) is 2.03. The molecule has 1 unspecified atom stereocenters. The highest BCUT2D eigenvalue weighted by Crippen LogP contribution is 2.20. The van der Waals surface area contributed by atoms with Crippen LogP contribution in [0.4, 0.5) is 0 Å². The Labute approximate surface area is 200 Å². The van der Waals surface area contributed by atoms with Crippen LogP contribution in [0.1, 0.15) is 33.6 Å². The van der Waals surface area contributed by atoms with Crippen LogP contribution in [0.3, 0.4) is 0 Å². The van der Waals surface area contributed by atoms with E-state index < -0.39 is 9.84 Å². The molecule has 2 saturated heterocycles. The number of morpholine rings is 1. The SMILES string of the molecule is CCNC(=NCC(C(CC)CC)N1CCOCC1)NCCN1CCS(=O)(=O)CC1.I. The molecule has 2 rings (SSSR count). The van der Waals surface area contributed by atoms with E-state index in [0.29, 0.717) is 25.0 Å². The van der Waals surface area contributed by atoms with Crippen LogP contribution in [-0.4, -0.2) is 107 Å². The lowest BCUT2D eigenvalue weighted by Crippen LogP contribution is -2.49. The van der Waals surface area contributed by atoms with Crippen LogP contribution >= 0.6 is 24.0 Å². The molecular weight excluding hydrogens is 517 g/mol. The third kappa shape index (κ3) is 9.54. The van der Waals surface area contributed by atoms with Crippen LogP contribution < -0.4 is 10.6 Å². The van der Waals surface area contributed by atoms with Gasteiger partial charge in [0, 0.05) is 51.9 Å². The first-order valence-electron chi connectivity index (χ1n) is 11.3. The zero-order chi connectivity index (χ0) is 21.1. The molecule has 0 aromatic heterocycles. The Morgan fingerprint density at radius 3 is 2.23 bits per heavy atom. The van der Waals surface area contributed by atoms with Crippen molar-refractivity contribution in [3.63, 3.8) is 0 Å². The molecule has 0 saturated carbocycles. The Hall–Kier alpha value is -0.170. The highest BCUT2D eigenvalue weighted by Gasteiger charge is 2.27. The molecule has 0 spiro atoms. The first kappa shape index (κ1) is 27.9. The predicted octanol–water partition coefficient (Wildman–Crippen LogP) is 1.03. The van der Waals surface area contributed by atoms with Crippen molar-refractivity contribution >= 4 is 39.8 Å². The minimum atomic E-state index is -2.82. The Morgan fingerprint density at radius 2 is 1.67 bits per heavy atom. The standard InChI is InChI=1S/C20H41N5O3S.HI/c1-4-18(5-2)19(25-9-13-28-14-10-25)17-23-20(21-6-3)22-7-8-24-11-15-29(26,27)16-12-24;/h18-19H,4-17H2,1-3H3,(H2,21,22,23);1H. The van der Waals surface area contributed by atoms with Crippen LogP contribution in [-0.2, 0) is 14.6 Å². The van der Waals surface area contributed by atoms with Crippen LogP contribution in [0.25, 0.3) is 0 Å². The van der Waals surface area contributed by atoms with Gasteiger partial charge in [-0.05, 0) is 12.8 Å². The fraction of sp³-hybridized carbons (Fsp3) is 0.950. The highest BCUT2D eigenvalue weighted by molar-refractivity contribution is 14.0. The largest absolute Gasteiger partial charge is 0.379 e. The fourth-order valence-electron chi connectivity index (χ4n) is 4.14. The number of hydrogen-bond donors (Lipinski definition) is 2. The van der Waals surface area contributed by atoms with Crippen molar-refractivity contribution in [3.8, 4) is 0 Å². The van der Waals surface area contributed by atoms with Crippen molar-refractivity contribution in [1.29, 1.82) is 0 Å². The van der Waals surface area contributed by atoms with E-state index in [1.807, 2.05) is 0 Å². The first-order chi connectivity index (χ1) is 14.0. The Morgan fingerprint density at radius 1 is 1.03 bits per heavy atom. The molecule has 178 valence electrons. The van der Waals surface area contributed by atoms with E-state index in [1.54, 1.807) is 0 Å². The lowest BCUT2D eigenvalue weighted by atomic mass is 9.92. The van der Waals surface area contributed by atoms with Crippen molar-refractivity contribution < 1.29 is 13.2 Å². The second-order valence-electron chi connectivity index (χ2n) is 7.93. The van der Waals surface area contributed by atoms with Crippen LogP contribution in [0.15, 0.2) is 4.99 Å². The van der Waals surface area contributed by atoms with Gasteiger partial charge >= 0.3 is 0 Å². The lowest BCUT2D eigenvalue weighted by molar-refractivity contribution is 0.00395. The summed E-state index contributed by atoms with van der Waals surface area (Å²) in [6.07, 6.45) is 2.33. The van der Waals surface area contributed by atoms with E-state index in [-0.39, 0.29) is 35.5 Å². The van der Waals surface area contributed by atoms with Gasteiger partial charge in [-0.15, -0.1) is 24.0 Å². The maximum atomic E-state index is 11.6. The normalized spacial score (nSPS) is 21.8. The van der Waals surface area contributed by atoms with Gasteiger partial charge in [0.25, 0.3) is 0 Å². The molecule has 0 aromatic carbocycles. The van der Waals surface area contributed by atoms with E-state index in [4.69, 9.17) is 9.73 Å². The summed E-state index contributed by atoms with van der Waals surface area (Å²) in [7, 11) is -2.82. The molecule has 0 aliphatic carbocycles. The molecule has 0 bridgehead atoms. The molecule has 2 aliphatic heterocycles. The number of rotatable bonds is 10. The molecule has 0 amide bonds. The van der Waals surface area contributed by atoms with Crippen LogP contribution in [0.2, 0.25) is 0 Å². The molecule has 0 aromatic rings. The van der Waals surface area contributed by atoms with E-state index in [2.05, 4.69) is 41.2 Å². The molecule has 2 N–H and O–H groups in total. The predicted molar refractivity (Wildman–Crippen MR) is 135 cm³/mol. The van der Waals surface area contributed by atoms with Gasteiger partial charge in [-0.3, -0.25) is 14.8 Å². The summed E-state index contributed by atoms with van der Waals surface area (Å²) in [4.78, 5) is 9.66. The van der Waals surface area contributed by atoms with Gasteiger partial charge < -0.3 is 15.4 Å². The molecule has 0 radical (unpaired) electrons. The number of aliphatic imine (C=N–C) groups is 1. The third-order valence-electron chi connectivity index (χ3n) is 6.05. The van der Waals surface area contributed by atoms with E-state index in [9.17, 15) is 8.42 Å². The van der Waals surface area contributed by atoms with Gasteiger partial charge in [-0.1, -0.05) is 26.7 Å². The number of nitrogens with one attached hydrogen (secondary N) is 2. The topological polar surface area (TPSA) is 86.3 Å². The monoisotopic (exact) mass is 559 g/mol. The summed E-state index contributed by atoms with van der Waals surface area (Å²) in [5.41, 5.74) is 0. The molecule has 2 fully saturated rings. The van der Waals surface area contributed by atoms with Crippen molar-refractivity contribution in [2.45, 2.75) is 39.7 Å². The van der Waals surface area contributed by atoms with Crippen LogP contribution in [0, 0.1) is 5.92 Å². The summed E-state index contributed by atoms with van der Waals surface area (Å²) in [6, 6.07) is 0.441. The number of hydrogen-bond acceptors (Lipinski definition) is 6. The van der Waals surface area contributed by atoms with Gasteiger partial charge in [-0.25, -0.2) is 8.42 Å². The zero-order valence-electron chi connectivity index (χ0n) is 18.9. The van der Waals surface area contributed by atoms with Crippen molar-refractivity contribution in [2.75, 3.05) is 77.1 Å². The number of guanidine groups is 1. The Bertz CT molecular complexity index is 581. The van der Waals surface area contributed by atoms with Crippen LogP contribution in [0.5, 0.6) is 0 Å². The number of halogens is 1. The molecule has 2 heterocycles. The third-order valence-corrected chi connectivity index (χ3v) is 7.65. The quantitative estimate of drug-likeness (QED) is 0.235. The smallest absolute Gasteiger partial charge is 0.191 e. The van der Waals surface area contributed by atoms with Gasteiger partial charge in [0.05, 0.1) is 31.3 Å². The number of nitrogens with zero attached hydrogens (tertiary/aromatic N) is 3. The van der Waals surface area contributed by atoms with E-state index in [1.165, 1.54) is 0 Å². The molecule has 8 nitrogen and oxygen atoms in total. The Balaban J connectivity index is 0.00000450. The number of ether oxygens (including phenoxy) is 1. The fourth-order valence-corrected chi connectivity index (χ4v) is 5.41.